The lowest BCUT2D eigenvalue weighted by Gasteiger charge is -2.03. The number of hydrogen-bond acceptors (Lipinski definition) is 1. The maximum absolute atomic E-state index is 8.65. The Hall–Kier alpha value is -0.720. The van der Waals surface area contributed by atoms with E-state index in [2.05, 4.69) is 26.0 Å². The van der Waals surface area contributed by atoms with Crippen molar-refractivity contribution in [3.8, 4) is 0 Å². The molecule has 0 aliphatic carbocycles. The van der Waals surface area contributed by atoms with Gasteiger partial charge in [0, 0.05) is 0 Å². The molecule has 0 bridgehead atoms. The van der Waals surface area contributed by atoms with E-state index in [0.717, 1.165) is 25.5 Å². The van der Waals surface area contributed by atoms with Gasteiger partial charge in [-0.15, -0.1) is 0 Å². The average molecular weight is 182 g/mol. The molecule has 13 heavy (non-hydrogen) atoms. The first-order chi connectivity index (χ1) is 6.35. The molecule has 0 aromatic carbocycles. The molecular formula is C12H22O. The van der Waals surface area contributed by atoms with Crippen LogP contribution in [0, 0.1) is 5.92 Å². The van der Waals surface area contributed by atoms with Gasteiger partial charge in [-0.2, -0.15) is 0 Å². The fourth-order valence-electron chi connectivity index (χ4n) is 1.29. The summed E-state index contributed by atoms with van der Waals surface area (Å²) in [7, 11) is 0. The van der Waals surface area contributed by atoms with Gasteiger partial charge in [0.1, 0.15) is 0 Å². The van der Waals surface area contributed by atoms with Crippen molar-refractivity contribution in [2.45, 2.75) is 46.0 Å². The molecule has 76 valence electrons. The monoisotopic (exact) mass is 182 g/mol. The van der Waals surface area contributed by atoms with Crippen molar-refractivity contribution in [1.82, 2.24) is 0 Å². The van der Waals surface area contributed by atoms with Crippen molar-refractivity contribution in [3.05, 3.63) is 24.5 Å². The molecule has 0 saturated heterocycles. The molecule has 1 N–H and O–H groups in total. The molecule has 0 spiro atoms. The van der Waals surface area contributed by atoms with E-state index in [0.29, 0.717) is 5.92 Å². The summed E-state index contributed by atoms with van der Waals surface area (Å²) < 4.78 is 0. The molecule has 0 aromatic heterocycles. The van der Waals surface area contributed by atoms with Crippen LogP contribution in [0.2, 0.25) is 0 Å². The largest absolute Gasteiger partial charge is 0.516 e. The van der Waals surface area contributed by atoms with Gasteiger partial charge in [-0.25, -0.2) is 0 Å². The number of aliphatic hydroxyl groups is 1. The molecule has 1 nitrogen and oxygen atoms in total. The summed E-state index contributed by atoms with van der Waals surface area (Å²) in [6.07, 6.45) is 13.4. The SMILES string of the molecule is CCCC/C=C/C(/C=C/O)CCC. The van der Waals surface area contributed by atoms with E-state index < -0.39 is 0 Å². The summed E-state index contributed by atoms with van der Waals surface area (Å²) >= 11 is 0. The van der Waals surface area contributed by atoms with Crippen LogP contribution in [0.15, 0.2) is 24.5 Å². The molecule has 0 heterocycles. The quantitative estimate of drug-likeness (QED) is 0.355. The maximum atomic E-state index is 8.65. The predicted octanol–water partition coefficient (Wildman–Crippen LogP) is 4.22. The Bertz CT molecular complexity index is 147. The highest BCUT2D eigenvalue weighted by Gasteiger charge is 1.96. The topological polar surface area (TPSA) is 20.2 Å². The molecule has 1 heteroatoms. The fraction of sp³-hybridized carbons (Fsp3) is 0.667. The lowest BCUT2D eigenvalue weighted by atomic mass is 10.0. The van der Waals surface area contributed by atoms with Gasteiger partial charge >= 0.3 is 0 Å². The van der Waals surface area contributed by atoms with E-state index in [1.165, 1.54) is 12.8 Å². The van der Waals surface area contributed by atoms with Crippen molar-refractivity contribution in [3.63, 3.8) is 0 Å². The van der Waals surface area contributed by atoms with Crippen LogP contribution in [0.25, 0.3) is 0 Å². The molecule has 0 aromatic rings. The number of aliphatic hydroxyl groups excluding tert-OH is 1. The van der Waals surface area contributed by atoms with Crippen LogP contribution in [0.3, 0.4) is 0 Å². The molecule has 0 amide bonds. The highest BCUT2D eigenvalue weighted by atomic mass is 16.2. The second-order valence-electron chi connectivity index (χ2n) is 3.36. The molecule has 1 unspecified atom stereocenters. The predicted molar refractivity (Wildman–Crippen MR) is 58.8 cm³/mol. The van der Waals surface area contributed by atoms with Crippen LogP contribution in [-0.4, -0.2) is 5.11 Å². The van der Waals surface area contributed by atoms with Crippen LogP contribution < -0.4 is 0 Å². The Morgan fingerprint density at radius 3 is 2.46 bits per heavy atom. The standard InChI is InChI=1S/C12H22O/c1-3-5-6-7-9-12(8-4-2)10-11-13/h7,9-13H,3-6,8H2,1-2H3/b9-7+,11-10+. The first kappa shape index (κ1) is 12.3. The van der Waals surface area contributed by atoms with Crippen molar-refractivity contribution in [1.29, 1.82) is 0 Å². The third-order valence-corrected chi connectivity index (χ3v) is 2.06. The van der Waals surface area contributed by atoms with Gasteiger partial charge in [0.05, 0.1) is 6.26 Å². The fourth-order valence-corrected chi connectivity index (χ4v) is 1.29. The van der Waals surface area contributed by atoms with Crippen molar-refractivity contribution < 1.29 is 5.11 Å². The first-order valence-corrected chi connectivity index (χ1v) is 5.32. The van der Waals surface area contributed by atoms with Gasteiger partial charge in [-0.1, -0.05) is 45.3 Å². The number of hydrogen-bond donors (Lipinski definition) is 1. The second-order valence-corrected chi connectivity index (χ2v) is 3.36. The Morgan fingerprint density at radius 2 is 1.92 bits per heavy atom. The molecular weight excluding hydrogens is 160 g/mol. The van der Waals surface area contributed by atoms with E-state index in [1.54, 1.807) is 0 Å². The highest BCUT2D eigenvalue weighted by Crippen LogP contribution is 2.10. The first-order valence-electron chi connectivity index (χ1n) is 5.32. The van der Waals surface area contributed by atoms with E-state index in [9.17, 15) is 0 Å². The summed E-state index contributed by atoms with van der Waals surface area (Å²) in [6.45, 7) is 4.36. The minimum absolute atomic E-state index is 0.423. The Kier molecular flexibility index (Phi) is 8.85. The van der Waals surface area contributed by atoms with Crippen LogP contribution in [0.5, 0.6) is 0 Å². The molecule has 1 atom stereocenters. The summed E-state index contributed by atoms with van der Waals surface area (Å²) in [5, 5.41) is 8.65. The Labute approximate surface area is 82.2 Å². The molecule has 0 saturated carbocycles. The number of unbranched alkanes of at least 4 members (excludes halogenated alkanes) is 2. The summed E-state index contributed by atoms with van der Waals surface area (Å²) in [5.74, 6) is 0.423. The van der Waals surface area contributed by atoms with Gasteiger partial charge in [-0.05, 0) is 24.8 Å². The van der Waals surface area contributed by atoms with E-state index in [-0.39, 0.29) is 0 Å². The van der Waals surface area contributed by atoms with Crippen molar-refractivity contribution in [2.75, 3.05) is 0 Å². The van der Waals surface area contributed by atoms with Crippen molar-refractivity contribution >= 4 is 0 Å². The zero-order valence-corrected chi connectivity index (χ0v) is 8.87. The van der Waals surface area contributed by atoms with Crippen molar-refractivity contribution in [2.24, 2.45) is 5.92 Å². The van der Waals surface area contributed by atoms with Gasteiger partial charge in [0.25, 0.3) is 0 Å². The molecule has 0 radical (unpaired) electrons. The normalized spacial score (nSPS) is 14.3. The van der Waals surface area contributed by atoms with Gasteiger partial charge < -0.3 is 5.11 Å². The molecule has 0 fully saturated rings. The smallest absolute Gasteiger partial charge is 0.0757 e. The number of allylic oxidation sites excluding steroid dienone is 3. The van der Waals surface area contributed by atoms with Gasteiger partial charge in [0.2, 0.25) is 0 Å². The highest BCUT2D eigenvalue weighted by molar-refractivity contribution is 4.98. The van der Waals surface area contributed by atoms with Crippen LogP contribution in [-0.2, 0) is 0 Å². The lowest BCUT2D eigenvalue weighted by molar-refractivity contribution is 0.465. The van der Waals surface area contributed by atoms with Gasteiger partial charge in [0.15, 0.2) is 0 Å². The molecule has 0 rings (SSSR count). The zero-order chi connectivity index (χ0) is 9.94. The minimum atomic E-state index is 0.423. The maximum Gasteiger partial charge on any atom is 0.0757 e. The zero-order valence-electron chi connectivity index (χ0n) is 8.87. The molecule has 0 aliphatic rings. The lowest BCUT2D eigenvalue weighted by Crippen LogP contribution is -1.90. The third kappa shape index (κ3) is 7.63. The second kappa shape index (κ2) is 9.37. The Balaban J connectivity index is 3.72. The summed E-state index contributed by atoms with van der Waals surface area (Å²) in [6, 6.07) is 0. The van der Waals surface area contributed by atoms with E-state index in [4.69, 9.17) is 5.11 Å². The van der Waals surface area contributed by atoms with E-state index in [1.807, 2.05) is 6.08 Å². The van der Waals surface area contributed by atoms with Crippen LogP contribution in [0.4, 0.5) is 0 Å². The average Bonchev–Trinajstić information content (AvgIpc) is 2.13. The van der Waals surface area contributed by atoms with E-state index >= 15 is 0 Å². The van der Waals surface area contributed by atoms with Gasteiger partial charge in [-0.3, -0.25) is 0 Å². The number of rotatable bonds is 7. The molecule has 0 aliphatic heterocycles. The third-order valence-electron chi connectivity index (χ3n) is 2.06. The Morgan fingerprint density at radius 1 is 1.15 bits per heavy atom. The van der Waals surface area contributed by atoms with Crippen LogP contribution >= 0.6 is 0 Å². The summed E-state index contributed by atoms with van der Waals surface area (Å²) in [5.41, 5.74) is 0. The summed E-state index contributed by atoms with van der Waals surface area (Å²) in [4.78, 5) is 0. The minimum Gasteiger partial charge on any atom is -0.516 e. The van der Waals surface area contributed by atoms with Crippen LogP contribution in [0.1, 0.15) is 46.0 Å².